The molecule has 1 nitrogen and oxygen atoms in total. The molecule has 1 unspecified atom stereocenters. The summed E-state index contributed by atoms with van der Waals surface area (Å²) in [5.74, 6) is 2.18. The van der Waals surface area contributed by atoms with Crippen LogP contribution in [0.3, 0.4) is 0 Å². The van der Waals surface area contributed by atoms with Gasteiger partial charge in [-0.2, -0.15) is 11.8 Å². The third-order valence-corrected chi connectivity index (χ3v) is 4.19. The summed E-state index contributed by atoms with van der Waals surface area (Å²) >= 11 is 2.06. The first-order chi connectivity index (χ1) is 6.37. The second-order valence-electron chi connectivity index (χ2n) is 5.76. The number of hydrogen-bond donors (Lipinski definition) is 1. The van der Waals surface area contributed by atoms with Crippen molar-refractivity contribution in [2.45, 2.75) is 64.3 Å². The number of rotatable bonds is 4. The fraction of sp³-hybridized carbons (Fsp3) is 1.00. The maximum atomic E-state index is 3.70. The summed E-state index contributed by atoms with van der Waals surface area (Å²) in [5, 5.41) is 3.70. The maximum absolute atomic E-state index is 3.70. The van der Waals surface area contributed by atoms with Crippen LogP contribution in [0, 0.1) is 5.92 Å². The molecule has 0 aromatic rings. The summed E-state index contributed by atoms with van der Waals surface area (Å²) in [5.41, 5.74) is 0. The zero-order valence-corrected chi connectivity index (χ0v) is 11.1. The van der Waals surface area contributed by atoms with E-state index in [9.17, 15) is 0 Å². The molecule has 0 spiro atoms. The fourth-order valence-corrected chi connectivity index (χ4v) is 2.71. The number of nitrogens with one attached hydrogen (secondary N) is 1. The molecule has 1 aliphatic carbocycles. The minimum absolute atomic E-state index is 0.406. The Hall–Kier alpha value is 0.310. The Morgan fingerprint density at radius 1 is 1.36 bits per heavy atom. The van der Waals surface area contributed by atoms with Gasteiger partial charge in [-0.25, -0.2) is 0 Å². The van der Waals surface area contributed by atoms with Gasteiger partial charge < -0.3 is 5.32 Å². The summed E-state index contributed by atoms with van der Waals surface area (Å²) in [7, 11) is 0. The SMILES string of the molecule is CC1CC(NC(C)CSC(C)(C)C)C1. The molecule has 1 atom stereocenters. The Bertz CT molecular complexity index is 168. The highest BCUT2D eigenvalue weighted by Gasteiger charge is 2.26. The summed E-state index contributed by atoms with van der Waals surface area (Å²) in [6.07, 6.45) is 2.76. The molecule has 0 aromatic carbocycles. The Balaban J connectivity index is 2.07. The average molecular weight is 215 g/mol. The van der Waals surface area contributed by atoms with Gasteiger partial charge in [0.15, 0.2) is 0 Å². The van der Waals surface area contributed by atoms with Crippen molar-refractivity contribution >= 4 is 11.8 Å². The molecule has 0 heterocycles. The van der Waals surface area contributed by atoms with Crippen molar-refractivity contribution in [1.29, 1.82) is 0 Å². The van der Waals surface area contributed by atoms with E-state index in [-0.39, 0.29) is 0 Å². The lowest BCUT2D eigenvalue weighted by molar-refractivity contribution is 0.230. The van der Waals surface area contributed by atoms with Gasteiger partial charge in [0.25, 0.3) is 0 Å². The molecular weight excluding hydrogens is 190 g/mol. The summed E-state index contributed by atoms with van der Waals surface area (Å²) in [6, 6.07) is 1.47. The van der Waals surface area contributed by atoms with Crippen molar-refractivity contribution in [2.75, 3.05) is 5.75 Å². The third-order valence-electron chi connectivity index (χ3n) is 2.66. The van der Waals surface area contributed by atoms with Gasteiger partial charge in [0.1, 0.15) is 0 Å². The van der Waals surface area contributed by atoms with Gasteiger partial charge in [-0.05, 0) is 25.7 Å². The second-order valence-corrected chi connectivity index (χ2v) is 7.61. The molecule has 14 heavy (non-hydrogen) atoms. The first kappa shape index (κ1) is 12.4. The molecule has 1 N–H and O–H groups in total. The molecule has 1 saturated carbocycles. The molecule has 0 bridgehead atoms. The van der Waals surface area contributed by atoms with Crippen molar-refractivity contribution < 1.29 is 0 Å². The van der Waals surface area contributed by atoms with Gasteiger partial charge in [-0.1, -0.05) is 27.7 Å². The Morgan fingerprint density at radius 2 is 1.93 bits per heavy atom. The van der Waals surface area contributed by atoms with Crippen LogP contribution in [0.5, 0.6) is 0 Å². The van der Waals surface area contributed by atoms with Gasteiger partial charge in [0.05, 0.1) is 0 Å². The topological polar surface area (TPSA) is 12.0 Å². The van der Waals surface area contributed by atoms with Crippen LogP contribution in [0.1, 0.15) is 47.5 Å². The molecule has 1 rings (SSSR count). The second kappa shape index (κ2) is 4.89. The molecule has 0 saturated heterocycles. The van der Waals surface area contributed by atoms with Crippen LogP contribution in [0.15, 0.2) is 0 Å². The molecule has 0 radical (unpaired) electrons. The molecule has 0 aliphatic heterocycles. The highest BCUT2D eigenvalue weighted by Crippen LogP contribution is 2.28. The van der Waals surface area contributed by atoms with Crippen LogP contribution < -0.4 is 5.32 Å². The molecular formula is C12H25NS. The molecule has 84 valence electrons. The van der Waals surface area contributed by atoms with Crippen molar-refractivity contribution in [3.63, 3.8) is 0 Å². The first-order valence-corrected chi connectivity index (χ1v) is 6.75. The summed E-state index contributed by atoms with van der Waals surface area (Å²) < 4.78 is 0.406. The third kappa shape index (κ3) is 4.70. The van der Waals surface area contributed by atoms with E-state index in [1.807, 2.05) is 0 Å². The van der Waals surface area contributed by atoms with E-state index < -0.39 is 0 Å². The molecule has 0 aromatic heterocycles. The van der Waals surface area contributed by atoms with E-state index in [0.717, 1.165) is 12.0 Å². The number of hydrogen-bond acceptors (Lipinski definition) is 2. The normalized spacial score (nSPS) is 29.8. The maximum Gasteiger partial charge on any atom is 0.0132 e. The largest absolute Gasteiger partial charge is 0.311 e. The Labute approximate surface area is 93.4 Å². The lowest BCUT2D eigenvalue weighted by Gasteiger charge is -2.36. The lowest BCUT2D eigenvalue weighted by atomic mass is 9.81. The predicted octanol–water partition coefficient (Wildman–Crippen LogP) is 3.29. The van der Waals surface area contributed by atoms with Crippen LogP contribution in [-0.2, 0) is 0 Å². The van der Waals surface area contributed by atoms with Crippen molar-refractivity contribution in [1.82, 2.24) is 5.32 Å². The van der Waals surface area contributed by atoms with Crippen LogP contribution in [0.25, 0.3) is 0 Å². The Kier molecular flexibility index (Phi) is 4.32. The lowest BCUT2D eigenvalue weighted by Crippen LogP contribution is -2.45. The molecule has 1 fully saturated rings. The standard InChI is InChI=1S/C12H25NS/c1-9-6-11(7-9)13-10(2)8-14-12(3,4)5/h9-11,13H,6-8H2,1-5H3. The van der Waals surface area contributed by atoms with Crippen LogP contribution in [0.4, 0.5) is 0 Å². The molecule has 0 amide bonds. The minimum atomic E-state index is 0.406. The van der Waals surface area contributed by atoms with Crippen LogP contribution >= 0.6 is 11.8 Å². The van der Waals surface area contributed by atoms with Crippen LogP contribution in [0.2, 0.25) is 0 Å². The predicted molar refractivity (Wildman–Crippen MR) is 67.0 cm³/mol. The minimum Gasteiger partial charge on any atom is -0.311 e. The first-order valence-electron chi connectivity index (χ1n) is 5.77. The molecule has 1 aliphatic rings. The smallest absolute Gasteiger partial charge is 0.0132 e. The van der Waals surface area contributed by atoms with E-state index >= 15 is 0 Å². The summed E-state index contributed by atoms with van der Waals surface area (Å²) in [4.78, 5) is 0. The fourth-order valence-electron chi connectivity index (χ4n) is 1.86. The van der Waals surface area contributed by atoms with E-state index in [1.165, 1.54) is 18.6 Å². The quantitative estimate of drug-likeness (QED) is 0.772. The van der Waals surface area contributed by atoms with E-state index in [0.29, 0.717) is 10.8 Å². The van der Waals surface area contributed by atoms with Crippen molar-refractivity contribution in [3.8, 4) is 0 Å². The van der Waals surface area contributed by atoms with Crippen molar-refractivity contribution in [3.05, 3.63) is 0 Å². The van der Waals surface area contributed by atoms with Crippen LogP contribution in [-0.4, -0.2) is 22.6 Å². The van der Waals surface area contributed by atoms with E-state index in [4.69, 9.17) is 0 Å². The van der Waals surface area contributed by atoms with Gasteiger partial charge in [-0.3, -0.25) is 0 Å². The van der Waals surface area contributed by atoms with Gasteiger partial charge >= 0.3 is 0 Å². The zero-order valence-electron chi connectivity index (χ0n) is 10.3. The van der Waals surface area contributed by atoms with Gasteiger partial charge in [-0.15, -0.1) is 0 Å². The summed E-state index contributed by atoms with van der Waals surface area (Å²) in [6.45, 7) is 11.5. The molecule has 2 heteroatoms. The zero-order chi connectivity index (χ0) is 10.8. The van der Waals surface area contributed by atoms with Gasteiger partial charge in [0.2, 0.25) is 0 Å². The van der Waals surface area contributed by atoms with Gasteiger partial charge in [0, 0.05) is 22.6 Å². The highest BCUT2D eigenvalue weighted by atomic mass is 32.2. The van der Waals surface area contributed by atoms with E-state index in [1.54, 1.807) is 0 Å². The highest BCUT2D eigenvalue weighted by molar-refractivity contribution is 8.00. The number of thioether (sulfide) groups is 1. The average Bonchev–Trinajstić information content (AvgIpc) is 1.97. The Morgan fingerprint density at radius 3 is 2.36 bits per heavy atom. The van der Waals surface area contributed by atoms with Crippen molar-refractivity contribution in [2.24, 2.45) is 5.92 Å². The monoisotopic (exact) mass is 215 g/mol. The van der Waals surface area contributed by atoms with E-state index in [2.05, 4.69) is 51.7 Å².